The Balaban J connectivity index is 2.57. The maximum absolute atomic E-state index is 13.5. The molecular formula is C13H10F3NO. The van der Waals surface area contributed by atoms with Crippen molar-refractivity contribution in [2.45, 2.75) is 0 Å². The predicted molar refractivity (Wildman–Crippen MR) is 62.7 cm³/mol. The molecule has 2 rings (SSSR count). The van der Waals surface area contributed by atoms with Crippen LogP contribution in [0, 0.1) is 17.5 Å². The molecule has 0 aliphatic carbocycles. The van der Waals surface area contributed by atoms with Crippen LogP contribution in [0.5, 0.6) is 5.75 Å². The summed E-state index contributed by atoms with van der Waals surface area (Å²) in [6.45, 7) is 0. The highest BCUT2D eigenvalue weighted by atomic mass is 19.2. The predicted octanol–water partition coefficient (Wildman–Crippen LogP) is 3.36. The third-order valence-corrected chi connectivity index (χ3v) is 2.56. The Hall–Kier alpha value is -2.17. The molecule has 0 saturated carbocycles. The Kier molecular flexibility index (Phi) is 3.14. The molecule has 0 unspecified atom stereocenters. The highest BCUT2D eigenvalue weighted by molar-refractivity contribution is 5.70. The zero-order chi connectivity index (χ0) is 13.3. The maximum atomic E-state index is 13.5. The van der Waals surface area contributed by atoms with Crippen molar-refractivity contribution < 1.29 is 17.9 Å². The van der Waals surface area contributed by atoms with Crippen molar-refractivity contribution in [3.8, 4) is 16.9 Å². The summed E-state index contributed by atoms with van der Waals surface area (Å²) in [6.07, 6.45) is 0. The summed E-state index contributed by atoms with van der Waals surface area (Å²) in [4.78, 5) is 0. The summed E-state index contributed by atoms with van der Waals surface area (Å²) in [6, 6.07) is 5.92. The molecule has 0 radical (unpaired) electrons. The van der Waals surface area contributed by atoms with Crippen LogP contribution in [0.1, 0.15) is 0 Å². The van der Waals surface area contributed by atoms with Gasteiger partial charge in [-0.1, -0.05) is 6.07 Å². The molecule has 0 bridgehead atoms. The second-order valence-electron chi connectivity index (χ2n) is 3.70. The van der Waals surface area contributed by atoms with Gasteiger partial charge in [0, 0.05) is 0 Å². The molecule has 2 N–H and O–H groups in total. The summed E-state index contributed by atoms with van der Waals surface area (Å²) in [5.41, 5.74) is 6.04. The normalized spacial score (nSPS) is 10.4. The number of rotatable bonds is 2. The van der Waals surface area contributed by atoms with Gasteiger partial charge in [-0.25, -0.2) is 13.2 Å². The van der Waals surface area contributed by atoms with Crippen LogP contribution in [-0.4, -0.2) is 7.11 Å². The molecule has 94 valence electrons. The van der Waals surface area contributed by atoms with E-state index in [2.05, 4.69) is 0 Å². The lowest BCUT2D eigenvalue weighted by Crippen LogP contribution is -1.97. The zero-order valence-electron chi connectivity index (χ0n) is 9.51. The van der Waals surface area contributed by atoms with Gasteiger partial charge in [0.05, 0.1) is 7.11 Å². The third-order valence-electron chi connectivity index (χ3n) is 2.56. The summed E-state index contributed by atoms with van der Waals surface area (Å²) >= 11 is 0. The van der Waals surface area contributed by atoms with Crippen molar-refractivity contribution in [3.63, 3.8) is 0 Å². The first kappa shape index (κ1) is 12.3. The van der Waals surface area contributed by atoms with Crippen LogP contribution in [-0.2, 0) is 0 Å². The van der Waals surface area contributed by atoms with E-state index in [1.54, 1.807) is 0 Å². The Morgan fingerprint density at radius 3 is 2.17 bits per heavy atom. The topological polar surface area (TPSA) is 35.2 Å². The Morgan fingerprint density at radius 1 is 0.889 bits per heavy atom. The Labute approximate surface area is 102 Å². The quantitative estimate of drug-likeness (QED) is 0.833. The number of nitrogen functional groups attached to an aromatic ring is 1. The molecule has 0 heterocycles. The number of halogens is 3. The van der Waals surface area contributed by atoms with E-state index in [-0.39, 0.29) is 11.4 Å². The first-order valence-electron chi connectivity index (χ1n) is 5.11. The largest absolute Gasteiger partial charge is 0.494 e. The summed E-state index contributed by atoms with van der Waals surface area (Å²) in [5.74, 6) is -2.48. The van der Waals surface area contributed by atoms with Crippen LogP contribution in [0.25, 0.3) is 11.1 Å². The number of anilines is 1. The van der Waals surface area contributed by atoms with Crippen molar-refractivity contribution >= 4 is 5.69 Å². The molecule has 18 heavy (non-hydrogen) atoms. The lowest BCUT2D eigenvalue weighted by atomic mass is 10.0. The molecule has 2 aromatic rings. The number of benzene rings is 2. The fraction of sp³-hybridized carbons (Fsp3) is 0.0769. The molecule has 0 spiro atoms. The van der Waals surface area contributed by atoms with E-state index in [9.17, 15) is 13.2 Å². The molecule has 0 atom stereocenters. The van der Waals surface area contributed by atoms with E-state index >= 15 is 0 Å². The van der Waals surface area contributed by atoms with Crippen molar-refractivity contribution in [1.29, 1.82) is 0 Å². The summed E-state index contributed by atoms with van der Waals surface area (Å²) in [5, 5.41) is 0. The molecule has 0 saturated heterocycles. The average molecular weight is 253 g/mol. The van der Waals surface area contributed by atoms with Crippen LogP contribution >= 0.6 is 0 Å². The van der Waals surface area contributed by atoms with Crippen LogP contribution in [0.15, 0.2) is 30.3 Å². The van der Waals surface area contributed by atoms with Crippen LogP contribution in [0.4, 0.5) is 18.9 Å². The molecule has 0 aromatic heterocycles. The van der Waals surface area contributed by atoms with E-state index in [4.69, 9.17) is 10.5 Å². The second kappa shape index (κ2) is 4.60. The molecule has 5 heteroatoms. The van der Waals surface area contributed by atoms with Crippen molar-refractivity contribution in [2.24, 2.45) is 0 Å². The van der Waals surface area contributed by atoms with Gasteiger partial charge in [-0.2, -0.15) is 0 Å². The first-order valence-corrected chi connectivity index (χ1v) is 5.11. The number of hydrogen-bond acceptors (Lipinski definition) is 2. The Bertz CT molecular complexity index is 599. The maximum Gasteiger partial charge on any atom is 0.159 e. The van der Waals surface area contributed by atoms with Gasteiger partial charge in [-0.3, -0.25) is 0 Å². The smallest absolute Gasteiger partial charge is 0.159 e. The molecule has 0 amide bonds. The molecule has 2 aromatic carbocycles. The molecule has 0 aliphatic rings. The minimum absolute atomic E-state index is 0.121. The fourth-order valence-electron chi connectivity index (χ4n) is 1.60. The highest BCUT2D eigenvalue weighted by Gasteiger charge is 2.11. The number of nitrogens with two attached hydrogens (primary N) is 1. The van der Waals surface area contributed by atoms with Gasteiger partial charge in [0.15, 0.2) is 17.5 Å². The second-order valence-corrected chi connectivity index (χ2v) is 3.70. The van der Waals surface area contributed by atoms with Crippen LogP contribution < -0.4 is 10.5 Å². The van der Waals surface area contributed by atoms with E-state index in [0.29, 0.717) is 11.1 Å². The van der Waals surface area contributed by atoms with E-state index in [1.807, 2.05) is 0 Å². The van der Waals surface area contributed by atoms with Crippen LogP contribution in [0.2, 0.25) is 0 Å². The molecule has 0 fully saturated rings. The standard InChI is InChI=1S/C13H10F3NO/c1-18-12-6-8(5-11(16)13(12)17)7-2-3-9(14)10(15)4-7/h2-6H,17H2,1H3. The average Bonchev–Trinajstić information content (AvgIpc) is 2.36. The zero-order valence-corrected chi connectivity index (χ0v) is 9.51. The SMILES string of the molecule is COc1cc(-c2ccc(F)c(F)c2)cc(F)c1N. The van der Waals surface area contributed by atoms with Gasteiger partial charge >= 0.3 is 0 Å². The molecular weight excluding hydrogens is 243 g/mol. The van der Waals surface area contributed by atoms with E-state index in [1.165, 1.54) is 19.2 Å². The summed E-state index contributed by atoms with van der Waals surface area (Å²) < 4.78 is 44.3. The lowest BCUT2D eigenvalue weighted by molar-refractivity contribution is 0.414. The third kappa shape index (κ3) is 2.11. The lowest BCUT2D eigenvalue weighted by Gasteiger charge is -2.09. The van der Waals surface area contributed by atoms with Gasteiger partial charge in [0.1, 0.15) is 11.4 Å². The van der Waals surface area contributed by atoms with Gasteiger partial charge in [0.2, 0.25) is 0 Å². The molecule has 0 aliphatic heterocycles. The minimum atomic E-state index is -0.997. The fourth-order valence-corrected chi connectivity index (χ4v) is 1.60. The van der Waals surface area contributed by atoms with E-state index in [0.717, 1.165) is 18.2 Å². The minimum Gasteiger partial charge on any atom is -0.494 e. The monoisotopic (exact) mass is 253 g/mol. The number of ether oxygens (including phenoxy) is 1. The van der Waals surface area contributed by atoms with Crippen LogP contribution in [0.3, 0.4) is 0 Å². The molecule has 2 nitrogen and oxygen atoms in total. The van der Waals surface area contributed by atoms with Crippen molar-refractivity contribution in [3.05, 3.63) is 47.8 Å². The van der Waals surface area contributed by atoms with Gasteiger partial charge in [0.25, 0.3) is 0 Å². The summed E-state index contributed by atoms with van der Waals surface area (Å²) in [7, 11) is 1.35. The van der Waals surface area contributed by atoms with Gasteiger partial charge in [-0.05, 0) is 35.4 Å². The highest BCUT2D eigenvalue weighted by Crippen LogP contribution is 2.31. The van der Waals surface area contributed by atoms with Gasteiger partial charge in [-0.15, -0.1) is 0 Å². The van der Waals surface area contributed by atoms with Crippen molar-refractivity contribution in [2.75, 3.05) is 12.8 Å². The van der Waals surface area contributed by atoms with Crippen molar-refractivity contribution in [1.82, 2.24) is 0 Å². The number of methoxy groups -OCH3 is 1. The van der Waals surface area contributed by atoms with Gasteiger partial charge < -0.3 is 10.5 Å². The van der Waals surface area contributed by atoms with E-state index < -0.39 is 17.5 Å². The Morgan fingerprint density at radius 2 is 1.56 bits per heavy atom. The number of hydrogen-bond donors (Lipinski definition) is 1. The first-order chi connectivity index (χ1) is 8.52.